The number of carbonyl (C=O) groups is 2. The Morgan fingerprint density at radius 1 is 1.45 bits per heavy atom. The van der Waals surface area contributed by atoms with Crippen molar-refractivity contribution < 1.29 is 19.4 Å². The van der Waals surface area contributed by atoms with Gasteiger partial charge in [-0.3, -0.25) is 4.79 Å². The van der Waals surface area contributed by atoms with E-state index < -0.39 is 11.9 Å². The molecule has 0 aliphatic carbocycles. The van der Waals surface area contributed by atoms with E-state index in [1.54, 1.807) is 13.0 Å². The molecule has 1 heterocycles. The number of esters is 1. The molecular weight excluding hydrogens is 262 g/mol. The first kappa shape index (κ1) is 15.9. The van der Waals surface area contributed by atoms with Crippen molar-refractivity contribution in [3.8, 4) is 0 Å². The number of aryl methyl sites for hydroxylation is 1. The maximum absolute atomic E-state index is 11.4. The average Bonchev–Trinajstić information content (AvgIpc) is 2.36. The molecule has 1 rings (SSSR count). The molecule has 1 atom stereocenters. The van der Waals surface area contributed by atoms with Gasteiger partial charge >= 0.3 is 11.9 Å². The van der Waals surface area contributed by atoms with Gasteiger partial charge in [0.1, 0.15) is 5.82 Å². The third-order valence-electron chi connectivity index (χ3n) is 2.64. The molecule has 0 aliphatic rings. The van der Waals surface area contributed by atoms with E-state index in [1.807, 2.05) is 6.92 Å². The van der Waals surface area contributed by atoms with Crippen molar-refractivity contribution >= 4 is 17.8 Å². The second-order valence-electron chi connectivity index (χ2n) is 4.54. The number of carbonyl (C=O) groups excluding carboxylic acids is 1. The SMILES string of the molecule is COC(=O)c1nc(C)cc(NC(C)CCCC(=O)O)n1. The summed E-state index contributed by atoms with van der Waals surface area (Å²) in [6.07, 6.45) is 1.42. The number of carboxylic acid groups (broad SMARTS) is 1. The molecule has 1 unspecified atom stereocenters. The van der Waals surface area contributed by atoms with Crippen LogP contribution in [0.5, 0.6) is 0 Å². The van der Waals surface area contributed by atoms with Gasteiger partial charge in [-0.1, -0.05) is 0 Å². The second-order valence-corrected chi connectivity index (χ2v) is 4.54. The Labute approximate surface area is 117 Å². The van der Waals surface area contributed by atoms with Crippen LogP contribution in [0.2, 0.25) is 0 Å². The number of hydrogen-bond acceptors (Lipinski definition) is 6. The Morgan fingerprint density at radius 2 is 2.15 bits per heavy atom. The van der Waals surface area contributed by atoms with Gasteiger partial charge in [0.15, 0.2) is 0 Å². The Balaban J connectivity index is 2.64. The van der Waals surface area contributed by atoms with E-state index in [9.17, 15) is 9.59 Å². The number of methoxy groups -OCH3 is 1. The smallest absolute Gasteiger partial charge is 0.376 e. The molecule has 0 radical (unpaired) electrons. The summed E-state index contributed by atoms with van der Waals surface area (Å²) in [5.74, 6) is -0.855. The fourth-order valence-electron chi connectivity index (χ4n) is 1.71. The van der Waals surface area contributed by atoms with Gasteiger partial charge in [0.25, 0.3) is 0 Å². The van der Waals surface area contributed by atoms with Crippen LogP contribution in [0, 0.1) is 6.92 Å². The van der Waals surface area contributed by atoms with Gasteiger partial charge in [-0.2, -0.15) is 0 Å². The number of aromatic nitrogens is 2. The predicted molar refractivity (Wildman–Crippen MR) is 72.7 cm³/mol. The Kier molecular flexibility index (Phi) is 5.89. The van der Waals surface area contributed by atoms with Gasteiger partial charge in [0.05, 0.1) is 7.11 Å². The van der Waals surface area contributed by atoms with E-state index in [0.717, 1.165) is 0 Å². The zero-order chi connectivity index (χ0) is 15.1. The summed E-state index contributed by atoms with van der Waals surface area (Å²) in [6.45, 7) is 3.69. The van der Waals surface area contributed by atoms with Crippen LogP contribution in [-0.4, -0.2) is 40.2 Å². The first-order valence-corrected chi connectivity index (χ1v) is 6.34. The van der Waals surface area contributed by atoms with E-state index in [2.05, 4.69) is 20.0 Å². The number of nitrogens with one attached hydrogen (secondary N) is 1. The number of ether oxygens (including phenoxy) is 1. The van der Waals surface area contributed by atoms with Gasteiger partial charge in [0.2, 0.25) is 5.82 Å². The fourth-order valence-corrected chi connectivity index (χ4v) is 1.71. The maximum atomic E-state index is 11.4. The number of nitrogens with zero attached hydrogens (tertiary/aromatic N) is 2. The molecule has 0 saturated heterocycles. The van der Waals surface area contributed by atoms with Crippen LogP contribution in [-0.2, 0) is 9.53 Å². The monoisotopic (exact) mass is 281 g/mol. The lowest BCUT2D eigenvalue weighted by Gasteiger charge is -2.14. The van der Waals surface area contributed by atoms with Crippen LogP contribution in [0.4, 0.5) is 5.82 Å². The van der Waals surface area contributed by atoms with Gasteiger partial charge in [-0.25, -0.2) is 14.8 Å². The third-order valence-corrected chi connectivity index (χ3v) is 2.64. The number of aliphatic carboxylic acids is 1. The van der Waals surface area contributed by atoms with Crippen molar-refractivity contribution in [2.75, 3.05) is 12.4 Å². The molecule has 0 aromatic carbocycles. The molecule has 0 amide bonds. The van der Waals surface area contributed by atoms with Crippen LogP contribution in [0.25, 0.3) is 0 Å². The van der Waals surface area contributed by atoms with Crippen molar-refractivity contribution in [1.29, 1.82) is 0 Å². The molecule has 1 aromatic rings. The zero-order valence-electron chi connectivity index (χ0n) is 11.8. The molecule has 20 heavy (non-hydrogen) atoms. The maximum Gasteiger partial charge on any atom is 0.376 e. The normalized spacial score (nSPS) is 11.8. The van der Waals surface area contributed by atoms with E-state index in [-0.39, 0.29) is 18.3 Å². The Morgan fingerprint density at radius 3 is 2.75 bits per heavy atom. The molecule has 0 spiro atoms. The quantitative estimate of drug-likeness (QED) is 0.732. The number of carboxylic acids is 1. The highest BCUT2D eigenvalue weighted by atomic mass is 16.5. The minimum Gasteiger partial charge on any atom is -0.481 e. The lowest BCUT2D eigenvalue weighted by molar-refractivity contribution is -0.137. The number of hydrogen-bond donors (Lipinski definition) is 2. The largest absolute Gasteiger partial charge is 0.481 e. The van der Waals surface area contributed by atoms with Crippen molar-refractivity contribution in [3.63, 3.8) is 0 Å². The average molecular weight is 281 g/mol. The van der Waals surface area contributed by atoms with Crippen LogP contribution in [0.15, 0.2) is 6.07 Å². The number of anilines is 1. The van der Waals surface area contributed by atoms with Gasteiger partial charge in [-0.15, -0.1) is 0 Å². The van der Waals surface area contributed by atoms with Crippen molar-refractivity contribution in [1.82, 2.24) is 9.97 Å². The minimum absolute atomic E-state index is 0.00716. The van der Waals surface area contributed by atoms with Gasteiger partial charge < -0.3 is 15.2 Å². The van der Waals surface area contributed by atoms with E-state index in [1.165, 1.54) is 7.11 Å². The van der Waals surface area contributed by atoms with E-state index in [0.29, 0.717) is 24.4 Å². The molecule has 0 saturated carbocycles. The first-order chi connectivity index (χ1) is 9.42. The highest BCUT2D eigenvalue weighted by molar-refractivity contribution is 5.85. The lowest BCUT2D eigenvalue weighted by Crippen LogP contribution is -2.18. The predicted octanol–water partition coefficient (Wildman–Crippen LogP) is 1.63. The molecule has 7 nitrogen and oxygen atoms in total. The summed E-state index contributed by atoms with van der Waals surface area (Å²) in [4.78, 5) is 29.9. The van der Waals surface area contributed by atoms with Crippen LogP contribution in [0.3, 0.4) is 0 Å². The first-order valence-electron chi connectivity index (χ1n) is 6.34. The summed E-state index contributed by atoms with van der Waals surface area (Å²) in [5, 5.41) is 11.7. The summed E-state index contributed by atoms with van der Waals surface area (Å²) in [6, 6.07) is 1.77. The highest BCUT2D eigenvalue weighted by Gasteiger charge is 2.12. The van der Waals surface area contributed by atoms with E-state index in [4.69, 9.17) is 5.11 Å². The summed E-state index contributed by atoms with van der Waals surface area (Å²) in [5.41, 5.74) is 0.653. The van der Waals surface area contributed by atoms with Crippen molar-refractivity contribution in [3.05, 3.63) is 17.6 Å². The summed E-state index contributed by atoms with van der Waals surface area (Å²) in [7, 11) is 1.27. The second kappa shape index (κ2) is 7.42. The molecule has 0 fully saturated rings. The van der Waals surface area contributed by atoms with E-state index >= 15 is 0 Å². The van der Waals surface area contributed by atoms with Crippen LogP contribution in [0.1, 0.15) is 42.5 Å². The van der Waals surface area contributed by atoms with Gasteiger partial charge in [-0.05, 0) is 26.7 Å². The van der Waals surface area contributed by atoms with Crippen LogP contribution < -0.4 is 5.32 Å². The molecule has 0 bridgehead atoms. The lowest BCUT2D eigenvalue weighted by atomic mass is 10.1. The molecule has 1 aromatic heterocycles. The molecule has 2 N–H and O–H groups in total. The van der Waals surface area contributed by atoms with Crippen LogP contribution >= 0.6 is 0 Å². The Hall–Kier alpha value is -2.18. The Bertz CT molecular complexity index is 491. The minimum atomic E-state index is -0.803. The standard InChI is InChI=1S/C13H19N3O4/c1-8(5-4-6-11(17)18)14-10-7-9(2)15-12(16-10)13(19)20-3/h7-8H,4-6H2,1-3H3,(H,17,18)(H,14,15,16). The third kappa shape index (κ3) is 5.21. The molecule has 110 valence electrons. The van der Waals surface area contributed by atoms with Crippen molar-refractivity contribution in [2.24, 2.45) is 0 Å². The summed E-state index contributed by atoms with van der Waals surface area (Å²) < 4.78 is 4.59. The summed E-state index contributed by atoms with van der Waals surface area (Å²) >= 11 is 0. The fraction of sp³-hybridized carbons (Fsp3) is 0.538. The molecule has 0 aliphatic heterocycles. The zero-order valence-corrected chi connectivity index (χ0v) is 11.8. The highest BCUT2D eigenvalue weighted by Crippen LogP contribution is 2.11. The van der Waals surface area contributed by atoms with Gasteiger partial charge in [0, 0.05) is 24.2 Å². The van der Waals surface area contributed by atoms with Crippen molar-refractivity contribution in [2.45, 2.75) is 39.2 Å². The molecular formula is C13H19N3O4. The topological polar surface area (TPSA) is 101 Å². The number of rotatable bonds is 7. The molecule has 7 heteroatoms.